The predicted molar refractivity (Wildman–Crippen MR) is 42.8 cm³/mol. The first kappa shape index (κ1) is 8.06. The molecule has 0 radical (unpaired) electrons. The predicted octanol–water partition coefficient (Wildman–Crippen LogP) is 2.19. The van der Waals surface area contributed by atoms with Crippen LogP contribution in [0.2, 0.25) is 0 Å². The molecular formula is C9H18O. The number of hydrogen-bond acceptors (Lipinski definition) is 1. The van der Waals surface area contributed by atoms with Gasteiger partial charge in [0.05, 0.1) is 6.10 Å². The van der Waals surface area contributed by atoms with Crippen LogP contribution in [-0.4, -0.2) is 11.2 Å². The van der Waals surface area contributed by atoms with Crippen LogP contribution in [0.3, 0.4) is 0 Å². The van der Waals surface area contributed by atoms with E-state index in [0.29, 0.717) is 5.41 Å². The van der Waals surface area contributed by atoms with Gasteiger partial charge in [-0.3, -0.25) is 0 Å². The summed E-state index contributed by atoms with van der Waals surface area (Å²) in [7, 11) is 0. The highest BCUT2D eigenvalue weighted by molar-refractivity contribution is 4.83. The van der Waals surface area contributed by atoms with Crippen LogP contribution in [-0.2, 0) is 0 Å². The minimum Gasteiger partial charge on any atom is -0.393 e. The molecule has 60 valence electrons. The van der Waals surface area contributed by atoms with Gasteiger partial charge in [0.15, 0.2) is 0 Å². The fraction of sp³-hybridized carbons (Fsp3) is 1.00. The van der Waals surface area contributed by atoms with Gasteiger partial charge in [-0.15, -0.1) is 0 Å². The van der Waals surface area contributed by atoms with Gasteiger partial charge in [0.2, 0.25) is 0 Å². The molecule has 0 aromatic carbocycles. The maximum atomic E-state index is 9.36. The maximum absolute atomic E-state index is 9.36. The number of aliphatic hydroxyl groups is 1. The van der Waals surface area contributed by atoms with Crippen LogP contribution in [0.15, 0.2) is 0 Å². The molecule has 0 aliphatic heterocycles. The third kappa shape index (κ3) is 1.51. The quantitative estimate of drug-likeness (QED) is 0.549. The zero-order valence-electron chi connectivity index (χ0n) is 7.22. The van der Waals surface area contributed by atoms with E-state index < -0.39 is 0 Å². The molecule has 0 amide bonds. The molecule has 1 rings (SSSR count). The Morgan fingerprint density at radius 1 is 1.30 bits per heavy atom. The second kappa shape index (κ2) is 2.54. The molecule has 0 spiro atoms. The molecule has 1 aliphatic carbocycles. The first-order chi connectivity index (χ1) is 4.52. The third-order valence-electron chi connectivity index (χ3n) is 3.03. The molecule has 1 fully saturated rings. The lowest BCUT2D eigenvalue weighted by atomic mass is 9.69. The molecule has 0 bridgehead atoms. The Kier molecular flexibility index (Phi) is 2.04. The minimum absolute atomic E-state index is 0.0359. The molecule has 1 nitrogen and oxygen atoms in total. The van der Waals surface area contributed by atoms with Crippen molar-refractivity contribution in [2.75, 3.05) is 0 Å². The summed E-state index contributed by atoms with van der Waals surface area (Å²) in [6.07, 6.45) is 3.14. The highest BCUT2D eigenvalue weighted by Crippen LogP contribution is 2.39. The SMILES string of the molecule is C[C@@H]1CC[C@H](O)CC1(C)C. The van der Waals surface area contributed by atoms with E-state index in [0.717, 1.165) is 18.8 Å². The van der Waals surface area contributed by atoms with E-state index in [1.807, 2.05) is 0 Å². The Balaban J connectivity index is 2.55. The average molecular weight is 142 g/mol. The van der Waals surface area contributed by atoms with Gasteiger partial charge in [0.25, 0.3) is 0 Å². The zero-order valence-corrected chi connectivity index (χ0v) is 7.22. The zero-order chi connectivity index (χ0) is 7.78. The van der Waals surface area contributed by atoms with Gasteiger partial charge in [0.1, 0.15) is 0 Å². The monoisotopic (exact) mass is 142 g/mol. The molecule has 0 heterocycles. The molecule has 0 unspecified atom stereocenters. The molecule has 1 saturated carbocycles. The van der Waals surface area contributed by atoms with Crippen molar-refractivity contribution >= 4 is 0 Å². The van der Waals surface area contributed by atoms with Gasteiger partial charge in [0, 0.05) is 0 Å². The standard InChI is InChI=1S/C9H18O/c1-7-4-5-8(10)6-9(7,2)3/h7-8,10H,4-6H2,1-3H3/t7-,8+/m1/s1. The van der Waals surface area contributed by atoms with E-state index in [-0.39, 0.29) is 6.10 Å². The van der Waals surface area contributed by atoms with Crippen molar-refractivity contribution in [1.82, 2.24) is 0 Å². The van der Waals surface area contributed by atoms with Crippen molar-refractivity contribution in [2.24, 2.45) is 11.3 Å². The lowest BCUT2D eigenvalue weighted by Crippen LogP contribution is -2.32. The summed E-state index contributed by atoms with van der Waals surface area (Å²) in [6, 6.07) is 0. The lowest BCUT2D eigenvalue weighted by molar-refractivity contribution is 0.0300. The smallest absolute Gasteiger partial charge is 0.0545 e. The van der Waals surface area contributed by atoms with Crippen molar-refractivity contribution in [3.63, 3.8) is 0 Å². The van der Waals surface area contributed by atoms with Crippen LogP contribution in [0.5, 0.6) is 0 Å². The minimum atomic E-state index is -0.0359. The largest absolute Gasteiger partial charge is 0.393 e. The van der Waals surface area contributed by atoms with E-state index >= 15 is 0 Å². The Labute approximate surface area is 63.4 Å². The van der Waals surface area contributed by atoms with Crippen molar-refractivity contribution in [3.8, 4) is 0 Å². The second-order valence-electron chi connectivity index (χ2n) is 4.32. The van der Waals surface area contributed by atoms with E-state index in [1.54, 1.807) is 0 Å². The van der Waals surface area contributed by atoms with E-state index in [1.165, 1.54) is 6.42 Å². The molecule has 0 aromatic heterocycles. The Morgan fingerprint density at radius 3 is 2.30 bits per heavy atom. The summed E-state index contributed by atoms with van der Waals surface area (Å²) in [6.45, 7) is 6.78. The topological polar surface area (TPSA) is 20.2 Å². The fourth-order valence-electron chi connectivity index (χ4n) is 1.74. The van der Waals surface area contributed by atoms with Crippen molar-refractivity contribution in [1.29, 1.82) is 0 Å². The third-order valence-corrected chi connectivity index (χ3v) is 3.03. The van der Waals surface area contributed by atoms with Crippen LogP contribution in [0, 0.1) is 11.3 Å². The van der Waals surface area contributed by atoms with Crippen LogP contribution >= 0.6 is 0 Å². The van der Waals surface area contributed by atoms with Crippen LogP contribution in [0.25, 0.3) is 0 Å². The van der Waals surface area contributed by atoms with E-state index in [9.17, 15) is 5.11 Å². The van der Waals surface area contributed by atoms with Crippen molar-refractivity contribution in [3.05, 3.63) is 0 Å². The molecular weight excluding hydrogens is 124 g/mol. The summed E-state index contributed by atoms with van der Waals surface area (Å²) in [5.41, 5.74) is 0.359. The second-order valence-corrected chi connectivity index (χ2v) is 4.32. The Hall–Kier alpha value is -0.0400. The van der Waals surface area contributed by atoms with Crippen LogP contribution in [0.1, 0.15) is 40.0 Å². The van der Waals surface area contributed by atoms with E-state index in [2.05, 4.69) is 20.8 Å². The molecule has 0 aromatic rings. The van der Waals surface area contributed by atoms with Crippen molar-refractivity contribution in [2.45, 2.75) is 46.1 Å². The molecule has 0 saturated heterocycles. The van der Waals surface area contributed by atoms with Gasteiger partial charge in [-0.2, -0.15) is 0 Å². The van der Waals surface area contributed by atoms with Gasteiger partial charge < -0.3 is 5.11 Å². The summed E-state index contributed by atoms with van der Waals surface area (Å²) >= 11 is 0. The highest BCUT2D eigenvalue weighted by atomic mass is 16.3. The van der Waals surface area contributed by atoms with Gasteiger partial charge in [-0.05, 0) is 30.6 Å². The average Bonchev–Trinajstić information content (AvgIpc) is 1.78. The van der Waals surface area contributed by atoms with Gasteiger partial charge >= 0.3 is 0 Å². The van der Waals surface area contributed by atoms with Crippen molar-refractivity contribution < 1.29 is 5.11 Å². The van der Waals surface area contributed by atoms with Crippen LogP contribution in [0.4, 0.5) is 0 Å². The summed E-state index contributed by atoms with van der Waals surface area (Å²) < 4.78 is 0. The lowest BCUT2D eigenvalue weighted by Gasteiger charge is -2.38. The Morgan fingerprint density at radius 2 is 1.90 bits per heavy atom. The van der Waals surface area contributed by atoms with E-state index in [4.69, 9.17) is 0 Å². The van der Waals surface area contributed by atoms with Crippen LogP contribution < -0.4 is 0 Å². The molecule has 1 heteroatoms. The molecule has 10 heavy (non-hydrogen) atoms. The maximum Gasteiger partial charge on any atom is 0.0545 e. The summed E-state index contributed by atoms with van der Waals surface area (Å²) in [5, 5.41) is 9.36. The van der Waals surface area contributed by atoms with Gasteiger partial charge in [-0.25, -0.2) is 0 Å². The first-order valence-electron chi connectivity index (χ1n) is 4.20. The number of rotatable bonds is 0. The molecule has 2 atom stereocenters. The first-order valence-corrected chi connectivity index (χ1v) is 4.20. The fourth-order valence-corrected chi connectivity index (χ4v) is 1.74. The normalized spacial score (nSPS) is 39.6. The number of hydrogen-bond donors (Lipinski definition) is 1. The molecule has 1 N–H and O–H groups in total. The Bertz CT molecular complexity index is 118. The summed E-state index contributed by atoms with van der Waals surface area (Å²) in [5.74, 6) is 0.774. The molecule has 1 aliphatic rings. The van der Waals surface area contributed by atoms with Gasteiger partial charge in [-0.1, -0.05) is 20.8 Å². The number of aliphatic hydroxyl groups excluding tert-OH is 1. The summed E-state index contributed by atoms with van der Waals surface area (Å²) in [4.78, 5) is 0. The highest BCUT2D eigenvalue weighted by Gasteiger charge is 2.32.